The lowest BCUT2D eigenvalue weighted by molar-refractivity contribution is -0.110. The van der Waals surface area contributed by atoms with Gasteiger partial charge in [0.05, 0.1) is 17.2 Å². The minimum atomic E-state index is -0.969. The molecule has 3 aromatic rings. The molecule has 2 aromatic carbocycles. The molecule has 9 heteroatoms. The smallest absolute Gasteiger partial charge is 0.256 e. The van der Waals surface area contributed by atoms with Crippen molar-refractivity contribution in [2.24, 2.45) is 0 Å². The molecule has 5 N–H and O–H groups in total. The highest BCUT2D eigenvalue weighted by Gasteiger charge is 2.28. The summed E-state index contributed by atoms with van der Waals surface area (Å²) < 4.78 is 0. The average Bonchev–Trinajstić information content (AvgIpc) is 3.38. The van der Waals surface area contributed by atoms with Gasteiger partial charge >= 0.3 is 0 Å². The number of H-pyrrole nitrogens is 1. The van der Waals surface area contributed by atoms with Crippen molar-refractivity contribution in [2.45, 2.75) is 39.3 Å². The summed E-state index contributed by atoms with van der Waals surface area (Å²) in [6.45, 7) is 6.71. The first-order valence-corrected chi connectivity index (χ1v) is 14.8. The number of aromatic nitrogens is 1. The molecule has 3 heterocycles. The monoisotopic (exact) mass is 526 g/mol. The normalized spacial score (nSPS) is 17.1. The molecule has 38 heavy (non-hydrogen) atoms. The number of nitrogens with one attached hydrogen (secondary N) is 5. The largest absolute Gasteiger partial charge is 0.377 e. The fourth-order valence-corrected chi connectivity index (χ4v) is 6.98. The van der Waals surface area contributed by atoms with Crippen molar-refractivity contribution in [3.05, 3.63) is 87.7 Å². The molecule has 5 rings (SSSR count). The molecule has 0 unspecified atom stereocenters. The highest BCUT2D eigenvalue weighted by atomic mass is 28.3. The van der Waals surface area contributed by atoms with Gasteiger partial charge in [0.15, 0.2) is 8.96 Å². The van der Waals surface area contributed by atoms with Gasteiger partial charge in [-0.1, -0.05) is 30.3 Å². The number of aromatic amines is 1. The Morgan fingerprint density at radius 3 is 2.61 bits per heavy atom. The zero-order valence-corrected chi connectivity index (χ0v) is 22.8. The van der Waals surface area contributed by atoms with Gasteiger partial charge in [0.1, 0.15) is 0 Å². The molecule has 1 saturated heterocycles. The number of carbonyl (C=O) groups is 3. The van der Waals surface area contributed by atoms with Gasteiger partial charge in [-0.2, -0.15) is 0 Å². The maximum atomic E-state index is 13.1. The van der Waals surface area contributed by atoms with E-state index in [0.29, 0.717) is 33.6 Å². The molecule has 8 nitrogen and oxygen atoms in total. The summed E-state index contributed by atoms with van der Waals surface area (Å²) in [5, 5.41) is 9.27. The van der Waals surface area contributed by atoms with Crippen LogP contribution in [-0.4, -0.2) is 44.4 Å². The summed E-state index contributed by atoms with van der Waals surface area (Å²) in [4.78, 5) is 45.6. The number of hydrogen-bond acceptors (Lipinski definition) is 4. The molecule has 1 aromatic heterocycles. The van der Waals surface area contributed by atoms with Crippen LogP contribution in [0, 0.1) is 13.8 Å². The van der Waals surface area contributed by atoms with Crippen molar-refractivity contribution < 1.29 is 14.4 Å². The first-order chi connectivity index (χ1) is 18.3. The van der Waals surface area contributed by atoms with Gasteiger partial charge < -0.3 is 25.9 Å². The molecule has 0 saturated carbocycles. The minimum absolute atomic E-state index is 0.0683. The highest BCUT2D eigenvalue weighted by molar-refractivity contribution is 6.60. The number of amides is 3. The van der Waals surface area contributed by atoms with Crippen LogP contribution in [0.1, 0.15) is 68.2 Å². The maximum absolute atomic E-state index is 13.1. The minimum Gasteiger partial charge on any atom is -0.377 e. The molecule has 1 radical (unpaired) electrons. The van der Waals surface area contributed by atoms with Crippen molar-refractivity contribution >= 4 is 44.0 Å². The number of rotatable bonds is 6. The second kappa shape index (κ2) is 10.8. The molecule has 195 valence electrons. The van der Waals surface area contributed by atoms with E-state index in [1.165, 1.54) is 0 Å². The number of hydrogen-bond donors (Lipinski definition) is 5. The standard InChI is InChI=1S/C29H32N5O3Si/c1-17-25(31-19(3)26(17)29(37)34-38-13-7-12-30-16-38)15-23-22-14-21(10-11-24(22)33-28(23)36)27(35)32-18(2)20-8-5-4-6-9-20/h4-6,8-11,14-15,18,30-31H,7,12-13,16H2,1-3H3,(H,32,35)(H,33,36)(H,34,37)/b23-15-/t18-/m1/s1. The second-order valence-corrected chi connectivity index (χ2v) is 12.2. The van der Waals surface area contributed by atoms with E-state index in [1.807, 2.05) is 51.1 Å². The summed E-state index contributed by atoms with van der Waals surface area (Å²) in [6.07, 6.45) is 3.72. The Labute approximate surface area is 224 Å². The third-order valence-electron chi connectivity index (χ3n) is 7.16. The van der Waals surface area contributed by atoms with E-state index >= 15 is 0 Å². The van der Waals surface area contributed by atoms with E-state index in [1.54, 1.807) is 24.3 Å². The van der Waals surface area contributed by atoms with Crippen LogP contribution in [0.5, 0.6) is 0 Å². The van der Waals surface area contributed by atoms with E-state index in [9.17, 15) is 14.4 Å². The molecule has 0 aliphatic carbocycles. The number of carbonyl (C=O) groups excluding carboxylic acids is 3. The summed E-state index contributed by atoms with van der Waals surface area (Å²) >= 11 is 0. The third-order valence-corrected chi connectivity index (χ3v) is 9.38. The molecule has 1 atom stereocenters. The van der Waals surface area contributed by atoms with Crippen LogP contribution in [0.25, 0.3) is 11.6 Å². The molecular formula is C29H32N5O3Si. The molecule has 0 spiro atoms. The Morgan fingerprint density at radius 1 is 1.08 bits per heavy atom. The topological polar surface area (TPSA) is 115 Å². The Bertz CT molecular complexity index is 1420. The van der Waals surface area contributed by atoms with E-state index in [-0.39, 0.29) is 23.8 Å². The zero-order chi connectivity index (χ0) is 26.8. The Hall–Kier alpha value is -3.95. The van der Waals surface area contributed by atoms with Crippen LogP contribution in [0.4, 0.5) is 5.69 Å². The van der Waals surface area contributed by atoms with Gasteiger partial charge in [-0.05, 0) is 75.2 Å². The van der Waals surface area contributed by atoms with Gasteiger partial charge in [-0.25, -0.2) is 0 Å². The Kier molecular flexibility index (Phi) is 7.30. The van der Waals surface area contributed by atoms with Crippen LogP contribution >= 0.6 is 0 Å². The van der Waals surface area contributed by atoms with Crippen LogP contribution in [0.3, 0.4) is 0 Å². The zero-order valence-electron chi connectivity index (χ0n) is 21.8. The van der Waals surface area contributed by atoms with Crippen molar-refractivity contribution in [2.75, 3.05) is 18.0 Å². The van der Waals surface area contributed by atoms with Gasteiger partial charge in [-0.15, -0.1) is 0 Å². The van der Waals surface area contributed by atoms with Crippen LogP contribution < -0.4 is 20.9 Å². The van der Waals surface area contributed by atoms with Crippen molar-refractivity contribution in [3.63, 3.8) is 0 Å². The van der Waals surface area contributed by atoms with Crippen molar-refractivity contribution in [3.8, 4) is 0 Å². The first-order valence-electron chi connectivity index (χ1n) is 12.9. The number of aryl methyl sites for hydroxylation is 1. The summed E-state index contributed by atoms with van der Waals surface area (Å²) in [5.41, 5.74) is 6.14. The SMILES string of the molecule is Cc1[nH]c(/C=C2\C(=O)Nc3ccc(C(=O)N[C@H](C)c4ccccc4)cc32)c(C)c1C(=O)N[Si]1CCCNC1. The molecule has 2 aliphatic heterocycles. The lowest BCUT2D eigenvalue weighted by Crippen LogP contribution is -2.49. The molecule has 0 bridgehead atoms. The van der Waals surface area contributed by atoms with Crippen molar-refractivity contribution in [1.29, 1.82) is 0 Å². The summed E-state index contributed by atoms with van der Waals surface area (Å²) in [5.74, 6) is -0.526. The molecule has 1 fully saturated rings. The van der Waals surface area contributed by atoms with Gasteiger partial charge in [0.2, 0.25) is 5.91 Å². The van der Waals surface area contributed by atoms with E-state index in [2.05, 4.69) is 25.9 Å². The number of fused-ring (bicyclic) bond motifs is 1. The van der Waals surface area contributed by atoms with Gasteiger partial charge in [0.25, 0.3) is 11.8 Å². The van der Waals surface area contributed by atoms with Crippen LogP contribution in [0.2, 0.25) is 6.04 Å². The lowest BCUT2D eigenvalue weighted by atomic mass is 10.0. The third kappa shape index (κ3) is 5.20. The summed E-state index contributed by atoms with van der Waals surface area (Å²) in [7, 11) is -0.969. The van der Waals surface area contributed by atoms with E-state index in [0.717, 1.165) is 42.0 Å². The Morgan fingerprint density at radius 2 is 1.87 bits per heavy atom. The van der Waals surface area contributed by atoms with Crippen LogP contribution in [0.15, 0.2) is 48.5 Å². The quantitative estimate of drug-likeness (QED) is 0.248. The molecule has 2 aliphatic rings. The average molecular weight is 527 g/mol. The lowest BCUT2D eigenvalue weighted by Gasteiger charge is -2.21. The highest BCUT2D eigenvalue weighted by Crippen LogP contribution is 2.35. The fraction of sp³-hybridized carbons (Fsp3) is 0.276. The van der Waals surface area contributed by atoms with Gasteiger partial charge in [-0.3, -0.25) is 14.4 Å². The van der Waals surface area contributed by atoms with E-state index < -0.39 is 8.96 Å². The fourth-order valence-electron chi connectivity index (χ4n) is 5.07. The van der Waals surface area contributed by atoms with Crippen molar-refractivity contribution in [1.82, 2.24) is 20.6 Å². The Balaban J connectivity index is 1.39. The molecular weight excluding hydrogens is 494 g/mol. The van der Waals surface area contributed by atoms with Gasteiger partial charge in [0, 0.05) is 34.4 Å². The second-order valence-electron chi connectivity index (χ2n) is 9.88. The number of anilines is 1. The molecule has 3 amide bonds. The first kappa shape index (κ1) is 25.7. The predicted octanol–water partition coefficient (Wildman–Crippen LogP) is 3.87. The van der Waals surface area contributed by atoms with E-state index in [4.69, 9.17) is 0 Å². The maximum Gasteiger partial charge on any atom is 0.256 e. The van der Waals surface area contributed by atoms with Crippen LogP contribution in [-0.2, 0) is 4.79 Å². The number of benzene rings is 2. The predicted molar refractivity (Wildman–Crippen MR) is 151 cm³/mol. The summed E-state index contributed by atoms with van der Waals surface area (Å²) in [6, 6.07) is 15.9.